The largest absolute Gasteiger partial charge is 0.480 e. The smallest absolute Gasteiger partial charge is 0.317 e. The fraction of sp³-hybridized carbons (Fsp3) is 0.462. The van der Waals surface area contributed by atoms with Gasteiger partial charge in [-0.25, -0.2) is 0 Å². The molecule has 3 nitrogen and oxygen atoms in total. The molecule has 0 aliphatic carbocycles. The lowest BCUT2D eigenvalue weighted by atomic mass is 10.2. The van der Waals surface area contributed by atoms with Crippen molar-refractivity contribution >= 4 is 17.7 Å². The van der Waals surface area contributed by atoms with Crippen molar-refractivity contribution in [1.29, 1.82) is 0 Å². The predicted octanol–water partition coefficient (Wildman–Crippen LogP) is 2.37. The van der Waals surface area contributed by atoms with E-state index in [-0.39, 0.29) is 6.54 Å². The molecule has 0 aliphatic rings. The van der Waals surface area contributed by atoms with Gasteiger partial charge >= 0.3 is 5.97 Å². The molecule has 0 saturated carbocycles. The molecule has 0 bridgehead atoms. The van der Waals surface area contributed by atoms with Gasteiger partial charge in [-0.3, -0.25) is 4.79 Å². The molecule has 94 valence electrons. The summed E-state index contributed by atoms with van der Waals surface area (Å²) in [6.45, 7) is 0.857. The van der Waals surface area contributed by atoms with Gasteiger partial charge in [-0.05, 0) is 30.7 Å². The highest BCUT2D eigenvalue weighted by molar-refractivity contribution is 7.98. The zero-order valence-electron chi connectivity index (χ0n) is 9.89. The SMILES string of the molecule is O=C(O)CNCCCCSCc1ccccc1. The van der Waals surface area contributed by atoms with E-state index in [2.05, 4.69) is 29.6 Å². The minimum absolute atomic E-state index is 0.0666. The van der Waals surface area contributed by atoms with Crippen LogP contribution >= 0.6 is 11.8 Å². The third-order valence-corrected chi connectivity index (χ3v) is 3.39. The van der Waals surface area contributed by atoms with Gasteiger partial charge in [-0.1, -0.05) is 30.3 Å². The van der Waals surface area contributed by atoms with Gasteiger partial charge in [0.2, 0.25) is 0 Å². The van der Waals surface area contributed by atoms with Crippen LogP contribution in [0.2, 0.25) is 0 Å². The van der Waals surface area contributed by atoms with Crippen LogP contribution in [0, 0.1) is 0 Å². The first-order valence-corrected chi connectivity index (χ1v) is 6.98. The van der Waals surface area contributed by atoms with Gasteiger partial charge in [0.05, 0.1) is 6.54 Å². The number of hydrogen-bond donors (Lipinski definition) is 2. The molecule has 0 spiro atoms. The second kappa shape index (κ2) is 9.07. The number of carbonyl (C=O) groups is 1. The lowest BCUT2D eigenvalue weighted by molar-refractivity contribution is -0.135. The number of carboxylic acid groups (broad SMARTS) is 1. The quantitative estimate of drug-likeness (QED) is 0.663. The number of unbranched alkanes of at least 4 members (excludes halogenated alkanes) is 1. The van der Waals surface area contributed by atoms with Gasteiger partial charge < -0.3 is 10.4 Å². The predicted molar refractivity (Wildman–Crippen MR) is 72.3 cm³/mol. The number of benzene rings is 1. The maximum Gasteiger partial charge on any atom is 0.317 e. The first-order chi connectivity index (χ1) is 8.29. The Balaban J connectivity index is 1.90. The number of rotatable bonds is 9. The Morgan fingerprint density at radius 2 is 2.00 bits per heavy atom. The lowest BCUT2D eigenvalue weighted by Crippen LogP contribution is -2.23. The summed E-state index contributed by atoms with van der Waals surface area (Å²) in [5.41, 5.74) is 1.36. The maximum atomic E-state index is 10.2. The molecule has 0 radical (unpaired) electrons. The summed E-state index contributed by atoms with van der Waals surface area (Å²) in [6.07, 6.45) is 2.17. The minimum atomic E-state index is -0.788. The summed E-state index contributed by atoms with van der Waals surface area (Å²) < 4.78 is 0. The van der Waals surface area contributed by atoms with Crippen molar-refractivity contribution in [2.75, 3.05) is 18.8 Å². The van der Waals surface area contributed by atoms with Crippen LogP contribution in [0.25, 0.3) is 0 Å². The van der Waals surface area contributed by atoms with E-state index < -0.39 is 5.97 Å². The molecule has 0 saturated heterocycles. The average molecular weight is 253 g/mol. The van der Waals surface area contributed by atoms with Crippen molar-refractivity contribution in [3.8, 4) is 0 Å². The van der Waals surface area contributed by atoms with Crippen molar-refractivity contribution in [2.24, 2.45) is 0 Å². The van der Waals surface area contributed by atoms with E-state index in [1.165, 1.54) is 5.56 Å². The van der Waals surface area contributed by atoms with Gasteiger partial charge in [-0.15, -0.1) is 0 Å². The molecule has 0 atom stereocenters. The van der Waals surface area contributed by atoms with Crippen molar-refractivity contribution in [3.05, 3.63) is 35.9 Å². The standard InChI is InChI=1S/C13H19NO2S/c15-13(16)10-14-8-4-5-9-17-11-12-6-2-1-3-7-12/h1-3,6-7,14H,4-5,8-11H2,(H,15,16). The van der Waals surface area contributed by atoms with E-state index in [4.69, 9.17) is 5.11 Å². The van der Waals surface area contributed by atoms with E-state index in [9.17, 15) is 4.79 Å². The Kier molecular flexibility index (Phi) is 7.51. The molecule has 0 unspecified atom stereocenters. The molecule has 1 rings (SSSR count). The van der Waals surface area contributed by atoms with Crippen LogP contribution < -0.4 is 5.32 Å². The van der Waals surface area contributed by atoms with Crippen LogP contribution in [0.3, 0.4) is 0 Å². The number of thioether (sulfide) groups is 1. The van der Waals surface area contributed by atoms with E-state index in [0.29, 0.717) is 0 Å². The van der Waals surface area contributed by atoms with Crippen LogP contribution in [-0.2, 0) is 10.5 Å². The van der Waals surface area contributed by atoms with Crippen LogP contribution in [0.15, 0.2) is 30.3 Å². The highest BCUT2D eigenvalue weighted by atomic mass is 32.2. The second-order valence-corrected chi connectivity index (χ2v) is 4.92. The summed E-state index contributed by atoms with van der Waals surface area (Å²) in [7, 11) is 0. The zero-order valence-corrected chi connectivity index (χ0v) is 10.7. The molecule has 17 heavy (non-hydrogen) atoms. The van der Waals surface area contributed by atoms with Crippen molar-refractivity contribution in [1.82, 2.24) is 5.32 Å². The molecule has 0 aliphatic heterocycles. The van der Waals surface area contributed by atoms with Crippen molar-refractivity contribution in [3.63, 3.8) is 0 Å². The molecule has 1 aromatic rings. The second-order valence-electron chi connectivity index (χ2n) is 3.82. The fourth-order valence-corrected chi connectivity index (χ4v) is 2.39. The Morgan fingerprint density at radius 3 is 2.71 bits per heavy atom. The monoisotopic (exact) mass is 253 g/mol. The van der Waals surface area contributed by atoms with Gasteiger partial charge in [0.15, 0.2) is 0 Å². The van der Waals surface area contributed by atoms with Gasteiger partial charge in [0.25, 0.3) is 0 Å². The zero-order chi connectivity index (χ0) is 12.3. The number of nitrogens with one attached hydrogen (secondary N) is 1. The Bertz CT molecular complexity index is 316. The summed E-state index contributed by atoms with van der Waals surface area (Å²) in [5, 5.41) is 11.3. The molecule has 0 fully saturated rings. The summed E-state index contributed by atoms with van der Waals surface area (Å²) in [4.78, 5) is 10.2. The Labute approximate surface area is 107 Å². The summed E-state index contributed by atoms with van der Waals surface area (Å²) >= 11 is 1.93. The first-order valence-electron chi connectivity index (χ1n) is 5.83. The van der Waals surface area contributed by atoms with Crippen molar-refractivity contribution < 1.29 is 9.90 Å². The Hall–Kier alpha value is -1.00. The highest BCUT2D eigenvalue weighted by Gasteiger charge is 1.95. The van der Waals surface area contributed by atoms with E-state index in [1.807, 2.05) is 17.8 Å². The maximum absolute atomic E-state index is 10.2. The number of hydrogen-bond acceptors (Lipinski definition) is 3. The molecule has 2 N–H and O–H groups in total. The lowest BCUT2D eigenvalue weighted by Gasteiger charge is -2.03. The van der Waals surface area contributed by atoms with E-state index >= 15 is 0 Å². The molecule has 1 aromatic carbocycles. The minimum Gasteiger partial charge on any atom is -0.480 e. The van der Waals surface area contributed by atoms with E-state index in [0.717, 1.165) is 30.9 Å². The number of aliphatic carboxylic acids is 1. The third-order valence-electron chi connectivity index (χ3n) is 2.28. The highest BCUT2D eigenvalue weighted by Crippen LogP contribution is 2.12. The molecule has 0 amide bonds. The van der Waals surface area contributed by atoms with E-state index in [1.54, 1.807) is 0 Å². The topological polar surface area (TPSA) is 49.3 Å². The molecule has 4 heteroatoms. The molecule has 0 aromatic heterocycles. The summed E-state index contributed by atoms with van der Waals surface area (Å²) in [6, 6.07) is 10.4. The van der Waals surface area contributed by atoms with Gasteiger partial charge in [0, 0.05) is 5.75 Å². The molecule has 0 heterocycles. The van der Waals surface area contributed by atoms with Crippen LogP contribution in [0.4, 0.5) is 0 Å². The Morgan fingerprint density at radius 1 is 1.24 bits per heavy atom. The average Bonchev–Trinajstić information content (AvgIpc) is 2.33. The number of carboxylic acids is 1. The van der Waals surface area contributed by atoms with Crippen LogP contribution in [0.1, 0.15) is 18.4 Å². The van der Waals surface area contributed by atoms with Crippen LogP contribution in [-0.4, -0.2) is 29.9 Å². The summed E-state index contributed by atoms with van der Waals surface area (Å²) in [5.74, 6) is 1.40. The fourth-order valence-electron chi connectivity index (χ4n) is 1.41. The van der Waals surface area contributed by atoms with Gasteiger partial charge in [0.1, 0.15) is 0 Å². The molecular formula is C13H19NO2S. The first kappa shape index (κ1) is 14.1. The molecular weight excluding hydrogens is 234 g/mol. The normalized spacial score (nSPS) is 10.4. The van der Waals surface area contributed by atoms with Crippen LogP contribution in [0.5, 0.6) is 0 Å². The van der Waals surface area contributed by atoms with Gasteiger partial charge in [-0.2, -0.15) is 11.8 Å². The van der Waals surface area contributed by atoms with Crippen molar-refractivity contribution in [2.45, 2.75) is 18.6 Å². The third kappa shape index (κ3) is 7.82.